The highest BCUT2D eigenvalue weighted by Crippen LogP contribution is 2.19. The Morgan fingerprint density at radius 3 is 2.26 bits per heavy atom. The van der Waals surface area contributed by atoms with Crippen LogP contribution in [0.1, 0.15) is 51.6 Å². The SMILES string of the molecule is CCc1cc(C(=O)N(C)Cc2ccc(C(=O)O)cc2)oc1CC. The van der Waals surface area contributed by atoms with Gasteiger partial charge in [0.1, 0.15) is 5.76 Å². The van der Waals surface area contributed by atoms with Crippen LogP contribution in [0, 0.1) is 0 Å². The second kappa shape index (κ2) is 7.13. The van der Waals surface area contributed by atoms with Crippen LogP contribution < -0.4 is 0 Å². The molecule has 1 aromatic carbocycles. The minimum atomic E-state index is -0.962. The molecule has 1 N–H and O–H groups in total. The Hall–Kier alpha value is -2.56. The third-order valence-corrected chi connectivity index (χ3v) is 3.78. The van der Waals surface area contributed by atoms with E-state index in [1.54, 1.807) is 24.1 Å². The highest BCUT2D eigenvalue weighted by molar-refractivity contribution is 5.91. The second-order valence-corrected chi connectivity index (χ2v) is 5.43. The minimum Gasteiger partial charge on any atom is -0.478 e. The summed E-state index contributed by atoms with van der Waals surface area (Å²) in [6, 6.07) is 8.31. The van der Waals surface area contributed by atoms with Crippen molar-refractivity contribution < 1.29 is 19.1 Å². The van der Waals surface area contributed by atoms with Crippen LogP contribution in [0.2, 0.25) is 0 Å². The molecule has 0 aliphatic heterocycles. The molecule has 1 heterocycles. The molecule has 122 valence electrons. The largest absolute Gasteiger partial charge is 0.478 e. The Morgan fingerprint density at radius 1 is 1.13 bits per heavy atom. The molecule has 0 radical (unpaired) electrons. The van der Waals surface area contributed by atoms with Crippen molar-refractivity contribution >= 4 is 11.9 Å². The number of carbonyl (C=O) groups excluding carboxylic acids is 1. The van der Waals surface area contributed by atoms with Crippen LogP contribution in [-0.4, -0.2) is 28.9 Å². The first-order chi connectivity index (χ1) is 11.0. The van der Waals surface area contributed by atoms with Crippen LogP contribution in [0.5, 0.6) is 0 Å². The maximum Gasteiger partial charge on any atom is 0.335 e. The number of furan rings is 1. The summed E-state index contributed by atoms with van der Waals surface area (Å²) in [4.78, 5) is 24.9. The standard InChI is InChI=1S/C18H21NO4/c1-4-13-10-16(23-15(13)5-2)17(20)19(3)11-12-6-8-14(9-7-12)18(21)22/h6-10H,4-5,11H2,1-3H3,(H,21,22). The van der Waals surface area contributed by atoms with Crippen molar-refractivity contribution in [2.45, 2.75) is 33.2 Å². The summed E-state index contributed by atoms with van der Waals surface area (Å²) in [7, 11) is 1.70. The van der Waals surface area contributed by atoms with E-state index in [4.69, 9.17) is 9.52 Å². The molecule has 2 rings (SSSR count). The van der Waals surface area contributed by atoms with Gasteiger partial charge < -0.3 is 14.4 Å². The van der Waals surface area contributed by atoms with Crippen LogP contribution in [0.3, 0.4) is 0 Å². The summed E-state index contributed by atoms with van der Waals surface area (Å²) in [6.45, 7) is 4.42. The van der Waals surface area contributed by atoms with Gasteiger partial charge in [-0.15, -0.1) is 0 Å². The lowest BCUT2D eigenvalue weighted by molar-refractivity contribution is 0.0695. The van der Waals surface area contributed by atoms with E-state index in [-0.39, 0.29) is 11.5 Å². The Kier molecular flexibility index (Phi) is 5.21. The van der Waals surface area contributed by atoms with E-state index in [0.29, 0.717) is 12.3 Å². The molecule has 0 fully saturated rings. The zero-order valence-corrected chi connectivity index (χ0v) is 13.6. The number of hydrogen-bond acceptors (Lipinski definition) is 3. The van der Waals surface area contributed by atoms with E-state index >= 15 is 0 Å². The first kappa shape index (κ1) is 16.8. The van der Waals surface area contributed by atoms with E-state index < -0.39 is 5.97 Å². The molecule has 0 atom stereocenters. The Labute approximate surface area is 135 Å². The zero-order chi connectivity index (χ0) is 17.0. The molecule has 0 aliphatic carbocycles. The number of aryl methyl sites for hydroxylation is 2. The normalized spacial score (nSPS) is 10.6. The average molecular weight is 315 g/mol. The first-order valence-corrected chi connectivity index (χ1v) is 7.65. The van der Waals surface area contributed by atoms with Gasteiger partial charge in [-0.25, -0.2) is 4.79 Å². The number of nitrogens with zero attached hydrogens (tertiary/aromatic N) is 1. The van der Waals surface area contributed by atoms with Gasteiger partial charge >= 0.3 is 5.97 Å². The predicted octanol–water partition coefficient (Wildman–Crippen LogP) is 3.37. The monoisotopic (exact) mass is 315 g/mol. The van der Waals surface area contributed by atoms with Crippen LogP contribution in [0.15, 0.2) is 34.7 Å². The van der Waals surface area contributed by atoms with Crippen LogP contribution >= 0.6 is 0 Å². The molecule has 0 saturated heterocycles. The van der Waals surface area contributed by atoms with Gasteiger partial charge in [0, 0.05) is 20.0 Å². The van der Waals surface area contributed by atoms with Gasteiger partial charge in [0.2, 0.25) is 0 Å². The maximum absolute atomic E-state index is 12.5. The fourth-order valence-corrected chi connectivity index (χ4v) is 2.46. The van der Waals surface area contributed by atoms with Crippen molar-refractivity contribution in [2.24, 2.45) is 0 Å². The third-order valence-electron chi connectivity index (χ3n) is 3.78. The van der Waals surface area contributed by atoms with Gasteiger partial charge in [-0.1, -0.05) is 26.0 Å². The summed E-state index contributed by atoms with van der Waals surface area (Å²) >= 11 is 0. The topological polar surface area (TPSA) is 70.8 Å². The summed E-state index contributed by atoms with van der Waals surface area (Å²) in [5.74, 6) is 0.0656. The van der Waals surface area contributed by atoms with Gasteiger partial charge in [-0.3, -0.25) is 4.79 Å². The molecule has 0 saturated carbocycles. The highest BCUT2D eigenvalue weighted by atomic mass is 16.4. The van der Waals surface area contributed by atoms with Crippen molar-refractivity contribution in [3.8, 4) is 0 Å². The molecular weight excluding hydrogens is 294 g/mol. The van der Waals surface area contributed by atoms with Crippen LogP contribution in [0.25, 0.3) is 0 Å². The zero-order valence-electron chi connectivity index (χ0n) is 13.6. The highest BCUT2D eigenvalue weighted by Gasteiger charge is 2.18. The lowest BCUT2D eigenvalue weighted by Crippen LogP contribution is -2.25. The van der Waals surface area contributed by atoms with E-state index in [9.17, 15) is 9.59 Å². The predicted molar refractivity (Wildman–Crippen MR) is 86.7 cm³/mol. The van der Waals surface area contributed by atoms with Gasteiger partial charge in [0.05, 0.1) is 5.56 Å². The molecule has 0 bridgehead atoms. The van der Waals surface area contributed by atoms with E-state index in [1.165, 1.54) is 12.1 Å². The number of amides is 1. The first-order valence-electron chi connectivity index (χ1n) is 7.65. The smallest absolute Gasteiger partial charge is 0.335 e. The minimum absolute atomic E-state index is 0.179. The average Bonchev–Trinajstić information content (AvgIpc) is 2.97. The summed E-state index contributed by atoms with van der Waals surface area (Å²) in [5.41, 5.74) is 2.16. The van der Waals surface area contributed by atoms with Crippen molar-refractivity contribution in [1.82, 2.24) is 4.90 Å². The molecule has 5 heteroatoms. The number of rotatable bonds is 6. The molecular formula is C18H21NO4. The molecule has 0 spiro atoms. The Bertz CT molecular complexity index is 679. The number of carbonyl (C=O) groups is 2. The van der Waals surface area contributed by atoms with E-state index in [2.05, 4.69) is 0 Å². The number of carboxylic acid groups (broad SMARTS) is 1. The van der Waals surface area contributed by atoms with Crippen LogP contribution in [-0.2, 0) is 19.4 Å². The summed E-state index contributed by atoms with van der Waals surface area (Å²) < 4.78 is 5.66. The van der Waals surface area contributed by atoms with Gasteiger partial charge in [0.15, 0.2) is 5.76 Å². The molecule has 1 aromatic heterocycles. The van der Waals surface area contributed by atoms with Crippen molar-refractivity contribution in [3.63, 3.8) is 0 Å². The number of aromatic carboxylic acids is 1. The van der Waals surface area contributed by atoms with Crippen molar-refractivity contribution in [3.05, 3.63) is 58.5 Å². The van der Waals surface area contributed by atoms with E-state index in [1.807, 2.05) is 19.9 Å². The van der Waals surface area contributed by atoms with Gasteiger partial charge in [-0.05, 0) is 35.7 Å². The molecule has 5 nitrogen and oxygen atoms in total. The van der Waals surface area contributed by atoms with Gasteiger partial charge in [0.25, 0.3) is 5.91 Å². The lowest BCUT2D eigenvalue weighted by atomic mass is 10.1. The molecule has 1 amide bonds. The fourth-order valence-electron chi connectivity index (χ4n) is 2.46. The number of hydrogen-bond donors (Lipinski definition) is 1. The quantitative estimate of drug-likeness (QED) is 0.887. The van der Waals surface area contributed by atoms with Crippen molar-refractivity contribution in [2.75, 3.05) is 7.05 Å². The number of benzene rings is 1. The summed E-state index contributed by atoms with van der Waals surface area (Å²) in [5, 5.41) is 8.89. The van der Waals surface area contributed by atoms with E-state index in [0.717, 1.165) is 29.7 Å². The molecule has 23 heavy (non-hydrogen) atoms. The lowest BCUT2D eigenvalue weighted by Gasteiger charge is -2.15. The number of carboxylic acids is 1. The van der Waals surface area contributed by atoms with Gasteiger partial charge in [-0.2, -0.15) is 0 Å². The second-order valence-electron chi connectivity index (χ2n) is 5.43. The third kappa shape index (κ3) is 3.80. The molecule has 0 aliphatic rings. The molecule has 2 aromatic rings. The fraction of sp³-hybridized carbons (Fsp3) is 0.333. The summed E-state index contributed by atoms with van der Waals surface area (Å²) in [6.07, 6.45) is 1.59. The molecule has 0 unspecified atom stereocenters. The van der Waals surface area contributed by atoms with Crippen molar-refractivity contribution in [1.29, 1.82) is 0 Å². The Balaban J connectivity index is 2.10. The Morgan fingerprint density at radius 2 is 1.78 bits per heavy atom. The van der Waals surface area contributed by atoms with Crippen LogP contribution in [0.4, 0.5) is 0 Å². The maximum atomic E-state index is 12.5.